The zero-order valence-corrected chi connectivity index (χ0v) is 26.1. The van der Waals surface area contributed by atoms with Gasteiger partial charge in [-0.25, -0.2) is 4.79 Å². The van der Waals surface area contributed by atoms with Gasteiger partial charge in [-0.3, -0.25) is 33.6 Å². The summed E-state index contributed by atoms with van der Waals surface area (Å²) in [6.45, 7) is 0.500. The second kappa shape index (κ2) is 18.1. The van der Waals surface area contributed by atoms with Gasteiger partial charge >= 0.3 is 11.9 Å². The van der Waals surface area contributed by atoms with Crippen molar-refractivity contribution in [2.75, 3.05) is 13.1 Å². The molecular formula is C29H41N7O12. The third-order valence-electron chi connectivity index (χ3n) is 7.36. The number of likely N-dealkylation sites (tertiary alicyclic amines) is 1. The fourth-order valence-electron chi connectivity index (χ4n) is 4.85. The molecule has 0 aliphatic carbocycles. The number of primary amides is 1. The van der Waals surface area contributed by atoms with Gasteiger partial charge in [0.15, 0.2) is 6.04 Å². The summed E-state index contributed by atoms with van der Waals surface area (Å²) in [5, 5.41) is 46.7. The molecule has 0 unspecified atom stereocenters. The fourth-order valence-corrected chi connectivity index (χ4v) is 4.85. The molecule has 12 N–H and O–H groups in total. The van der Waals surface area contributed by atoms with E-state index >= 15 is 0 Å². The Morgan fingerprint density at radius 1 is 0.958 bits per heavy atom. The summed E-state index contributed by atoms with van der Waals surface area (Å²) >= 11 is 0. The largest absolute Gasteiger partial charge is 0.508 e. The van der Waals surface area contributed by atoms with Crippen LogP contribution in [0.15, 0.2) is 24.3 Å². The third-order valence-corrected chi connectivity index (χ3v) is 7.36. The number of amides is 6. The summed E-state index contributed by atoms with van der Waals surface area (Å²) in [7, 11) is 0. The van der Waals surface area contributed by atoms with Crippen molar-refractivity contribution in [3.8, 4) is 5.75 Å². The Bertz CT molecular complexity index is 1370. The van der Waals surface area contributed by atoms with Crippen LogP contribution < -0.4 is 32.7 Å². The number of aliphatic hydroxyl groups excluding tert-OH is 1. The van der Waals surface area contributed by atoms with Gasteiger partial charge in [-0.15, -0.1) is 0 Å². The molecule has 0 spiro atoms. The lowest BCUT2D eigenvalue weighted by molar-refractivity contribution is -0.145. The first-order valence-corrected chi connectivity index (χ1v) is 14.9. The lowest BCUT2D eigenvalue weighted by Gasteiger charge is -2.30. The van der Waals surface area contributed by atoms with E-state index in [1.165, 1.54) is 24.3 Å². The Morgan fingerprint density at radius 3 is 2.17 bits per heavy atom. The predicted octanol–water partition coefficient (Wildman–Crippen LogP) is -3.97. The third kappa shape index (κ3) is 12.1. The fraction of sp³-hybridized carbons (Fsp3) is 0.517. The first-order valence-electron chi connectivity index (χ1n) is 14.9. The number of nitrogens with one attached hydrogen (secondary N) is 4. The van der Waals surface area contributed by atoms with Crippen molar-refractivity contribution in [2.45, 2.75) is 81.8 Å². The van der Waals surface area contributed by atoms with Crippen LogP contribution in [0, 0.1) is 0 Å². The van der Waals surface area contributed by atoms with Crippen molar-refractivity contribution in [3.05, 3.63) is 29.8 Å². The molecule has 1 aromatic carbocycles. The van der Waals surface area contributed by atoms with Crippen molar-refractivity contribution in [1.29, 1.82) is 0 Å². The number of carboxylic acid groups (broad SMARTS) is 2. The lowest BCUT2D eigenvalue weighted by atomic mass is 10.0. The molecule has 0 bridgehead atoms. The topological polar surface area (TPSA) is 321 Å². The number of carboxylic acids is 2. The average Bonchev–Trinajstić information content (AvgIpc) is 3.51. The number of aliphatic carboxylic acids is 2. The van der Waals surface area contributed by atoms with Gasteiger partial charge in [0, 0.05) is 19.4 Å². The molecule has 0 aromatic heterocycles. The van der Waals surface area contributed by atoms with E-state index in [0.717, 1.165) is 11.8 Å². The van der Waals surface area contributed by atoms with Crippen molar-refractivity contribution < 1.29 is 58.8 Å². The molecule has 1 heterocycles. The molecule has 6 atom stereocenters. The van der Waals surface area contributed by atoms with Crippen molar-refractivity contribution in [2.24, 2.45) is 11.5 Å². The van der Waals surface area contributed by atoms with Crippen molar-refractivity contribution in [3.63, 3.8) is 0 Å². The molecule has 0 saturated carbocycles. The zero-order chi connectivity index (χ0) is 36.1. The highest BCUT2D eigenvalue weighted by atomic mass is 16.4. The Balaban J connectivity index is 2.19. The Kier molecular flexibility index (Phi) is 14.7. The number of rotatable bonds is 18. The minimum Gasteiger partial charge on any atom is -0.508 e. The lowest BCUT2D eigenvalue weighted by Crippen LogP contribution is -2.59. The number of phenols is 1. The Morgan fingerprint density at radius 2 is 1.60 bits per heavy atom. The van der Waals surface area contributed by atoms with Gasteiger partial charge in [-0.1, -0.05) is 12.1 Å². The molecule has 1 saturated heterocycles. The van der Waals surface area contributed by atoms with E-state index in [9.17, 15) is 53.7 Å². The maximum atomic E-state index is 13.5. The van der Waals surface area contributed by atoms with Crippen LogP contribution in [0.2, 0.25) is 0 Å². The van der Waals surface area contributed by atoms with E-state index in [4.69, 9.17) is 16.6 Å². The summed E-state index contributed by atoms with van der Waals surface area (Å²) in [6, 6.07) is -1.42. The summed E-state index contributed by atoms with van der Waals surface area (Å²) in [5.41, 5.74) is 11.4. The van der Waals surface area contributed by atoms with E-state index in [0.29, 0.717) is 12.0 Å². The Hall–Kier alpha value is -5.30. The van der Waals surface area contributed by atoms with E-state index in [1.54, 1.807) is 0 Å². The molecule has 1 fully saturated rings. The average molecular weight is 680 g/mol. The molecule has 19 heteroatoms. The van der Waals surface area contributed by atoms with Crippen LogP contribution in [0.5, 0.6) is 5.75 Å². The van der Waals surface area contributed by atoms with E-state index in [-0.39, 0.29) is 38.0 Å². The van der Waals surface area contributed by atoms with E-state index in [1.807, 2.05) is 0 Å². The number of nitrogens with two attached hydrogens (primary N) is 2. The van der Waals surface area contributed by atoms with Crippen LogP contribution in [0.3, 0.4) is 0 Å². The SMILES string of the molecule is C[C@@H](O)[C@H](NC(=O)[C@H](Cc1ccc(O)cc1)NC(=O)[C@@H]1CCCN1C(=O)[C@H](CC(N)=O)NC(=O)CNC(=O)[C@@H](N)CCC(=O)O)C(=O)O. The summed E-state index contributed by atoms with van der Waals surface area (Å²) in [5.74, 6) is -8.09. The second-order valence-electron chi connectivity index (χ2n) is 11.2. The molecule has 19 nitrogen and oxygen atoms in total. The first-order chi connectivity index (χ1) is 22.5. The van der Waals surface area contributed by atoms with Gasteiger partial charge in [0.25, 0.3) is 0 Å². The molecule has 48 heavy (non-hydrogen) atoms. The number of hydrogen-bond donors (Lipinski definition) is 10. The van der Waals surface area contributed by atoms with Crippen LogP contribution in [-0.4, -0.2) is 122 Å². The molecule has 1 aliphatic heterocycles. The number of hydrogen-bond acceptors (Lipinski definition) is 11. The molecule has 0 radical (unpaired) electrons. The highest BCUT2D eigenvalue weighted by Crippen LogP contribution is 2.20. The second-order valence-corrected chi connectivity index (χ2v) is 11.2. The summed E-state index contributed by atoms with van der Waals surface area (Å²) in [6.07, 6.45) is -2.45. The van der Waals surface area contributed by atoms with Crippen LogP contribution in [0.4, 0.5) is 0 Å². The van der Waals surface area contributed by atoms with E-state index < -0.39 is 96.7 Å². The summed E-state index contributed by atoms with van der Waals surface area (Å²) < 4.78 is 0. The smallest absolute Gasteiger partial charge is 0.328 e. The maximum Gasteiger partial charge on any atom is 0.328 e. The number of carbonyl (C=O) groups excluding carboxylic acids is 6. The molecule has 2 rings (SSSR count). The molecule has 1 aliphatic rings. The zero-order valence-electron chi connectivity index (χ0n) is 26.1. The van der Waals surface area contributed by atoms with Gasteiger partial charge in [-0.2, -0.15) is 0 Å². The van der Waals surface area contributed by atoms with Crippen LogP contribution in [0.1, 0.15) is 44.6 Å². The number of nitrogens with zero attached hydrogens (tertiary/aromatic N) is 1. The predicted molar refractivity (Wildman–Crippen MR) is 163 cm³/mol. The molecule has 1 aromatic rings. The van der Waals surface area contributed by atoms with Crippen LogP contribution in [0.25, 0.3) is 0 Å². The highest BCUT2D eigenvalue weighted by Gasteiger charge is 2.40. The molecule has 6 amide bonds. The number of benzene rings is 1. The van der Waals surface area contributed by atoms with Crippen LogP contribution in [-0.2, 0) is 44.8 Å². The van der Waals surface area contributed by atoms with Gasteiger partial charge in [0.1, 0.15) is 23.9 Å². The number of phenolic OH excluding ortho intramolecular Hbond substituents is 1. The Labute approximate surface area is 274 Å². The molecular weight excluding hydrogens is 638 g/mol. The number of aliphatic hydroxyl groups is 1. The number of aromatic hydroxyl groups is 1. The number of carbonyl (C=O) groups is 8. The quantitative estimate of drug-likeness (QED) is 0.0709. The maximum absolute atomic E-state index is 13.5. The normalized spacial score (nSPS) is 17.1. The van der Waals surface area contributed by atoms with Crippen molar-refractivity contribution >= 4 is 47.4 Å². The highest BCUT2D eigenvalue weighted by molar-refractivity contribution is 5.97. The first kappa shape index (κ1) is 38.9. The van der Waals surface area contributed by atoms with Crippen molar-refractivity contribution in [1.82, 2.24) is 26.2 Å². The van der Waals surface area contributed by atoms with Gasteiger partial charge < -0.3 is 58.1 Å². The minimum absolute atomic E-state index is 0.0230. The molecule has 264 valence electrons. The van der Waals surface area contributed by atoms with Gasteiger partial charge in [0.2, 0.25) is 35.4 Å². The van der Waals surface area contributed by atoms with Gasteiger partial charge in [-0.05, 0) is 43.9 Å². The summed E-state index contributed by atoms with van der Waals surface area (Å²) in [4.78, 5) is 100. The van der Waals surface area contributed by atoms with Gasteiger partial charge in [0.05, 0.1) is 25.1 Å². The standard InChI is InChI=1S/C29H41N7O12/c1-14(37)24(29(47)48)35-26(44)18(11-15-4-6-16(38)7-5-15)34-27(45)20-3-2-10-36(20)28(46)19(12-21(31)39)33-22(40)13-32-25(43)17(30)8-9-23(41)42/h4-7,14,17-20,24,37-38H,2-3,8-13,30H2,1H3,(H2,31,39)(H,32,43)(H,33,40)(H,34,45)(H,35,44)(H,41,42)(H,47,48)/t14-,17+,18+,19+,20+,24+/m1/s1. The van der Waals surface area contributed by atoms with E-state index in [2.05, 4.69) is 21.3 Å². The van der Waals surface area contributed by atoms with Crippen LogP contribution >= 0.6 is 0 Å². The minimum atomic E-state index is -1.70. The monoisotopic (exact) mass is 679 g/mol.